The zero-order valence-corrected chi connectivity index (χ0v) is 15.0. The molecule has 0 fully saturated rings. The second-order valence-corrected chi connectivity index (χ2v) is 7.00. The van der Waals surface area contributed by atoms with E-state index in [0.717, 1.165) is 17.5 Å². The maximum absolute atomic E-state index is 11.7. The number of rotatable bonds is 8. The summed E-state index contributed by atoms with van der Waals surface area (Å²) in [5.74, 6) is -1.07. The number of benzene rings is 1. The predicted octanol–water partition coefficient (Wildman–Crippen LogP) is 3.94. The quantitative estimate of drug-likeness (QED) is 0.754. The number of nitrogens with one attached hydrogen (secondary N) is 1. The first-order chi connectivity index (χ1) is 11.6. The number of alkyl carbamates (subject to hydrolysis) is 1. The molecule has 5 nitrogen and oxygen atoms in total. The average Bonchev–Trinajstić information content (AvgIpc) is 2.46. The highest BCUT2D eigenvalue weighted by Gasteiger charge is 2.17. The number of aryl methyl sites for hydroxylation is 1. The first kappa shape index (κ1) is 18.3. The smallest absolute Gasteiger partial charge is 0.407 e. The molecule has 1 rings (SSSR count). The van der Waals surface area contributed by atoms with Crippen molar-refractivity contribution in [2.75, 3.05) is 0 Å². The molecule has 0 saturated carbocycles. The van der Waals surface area contributed by atoms with Gasteiger partial charge in [0, 0.05) is 13.8 Å². The fourth-order valence-electron chi connectivity index (χ4n) is 2.29. The molecule has 0 heterocycles. The molecule has 1 aromatic carbocycles. The molecule has 0 aliphatic rings. The Balaban J connectivity index is 2.40. The Kier molecular flexibility index (Phi) is 7.09. The number of aliphatic carboxylic acids is 1. The number of carboxylic acid groups (broad SMARTS) is 1. The molecule has 0 saturated heterocycles. The van der Waals surface area contributed by atoms with E-state index >= 15 is 0 Å². The maximum atomic E-state index is 11.7. The molecule has 0 aliphatic heterocycles. The fraction of sp³-hybridized carbons (Fsp3) is 0.579. The summed E-state index contributed by atoms with van der Waals surface area (Å²) in [6.07, 6.45) is 1.03. The second kappa shape index (κ2) is 9.30. The van der Waals surface area contributed by atoms with Gasteiger partial charge in [-0.3, -0.25) is 4.79 Å². The van der Waals surface area contributed by atoms with Crippen LogP contribution in [0.25, 0.3) is 0 Å². The van der Waals surface area contributed by atoms with E-state index in [1.54, 1.807) is 0 Å². The monoisotopic (exact) mass is 336 g/mol. The molecule has 0 radical (unpaired) electrons. The van der Waals surface area contributed by atoms with Crippen molar-refractivity contribution in [1.29, 1.82) is 0 Å². The Morgan fingerprint density at radius 1 is 1.21 bits per heavy atom. The number of carbonyl (C=O) groups is 2. The molecule has 0 spiro atoms. The predicted molar refractivity (Wildman–Crippen MR) is 94.2 cm³/mol. The molecule has 2 N–H and O–H groups in total. The SMILES string of the molecule is [2H]C(CCCc1ccc(CC(C)NC(=O)OC(C)(C)C)cc1)C(=O)O. The summed E-state index contributed by atoms with van der Waals surface area (Å²) in [7, 11) is 0. The van der Waals surface area contributed by atoms with E-state index in [1.807, 2.05) is 52.0 Å². The molecule has 0 bridgehead atoms. The van der Waals surface area contributed by atoms with E-state index in [-0.39, 0.29) is 6.04 Å². The van der Waals surface area contributed by atoms with E-state index in [0.29, 0.717) is 19.3 Å². The van der Waals surface area contributed by atoms with E-state index in [1.165, 1.54) is 0 Å². The average molecular weight is 336 g/mol. The minimum absolute atomic E-state index is 0.0414. The Bertz CT molecular complexity index is 566. The van der Waals surface area contributed by atoms with Gasteiger partial charge in [0.25, 0.3) is 0 Å². The molecule has 134 valence electrons. The summed E-state index contributed by atoms with van der Waals surface area (Å²) in [5.41, 5.74) is 1.72. The Morgan fingerprint density at radius 2 is 1.79 bits per heavy atom. The number of carbonyl (C=O) groups excluding carboxylic acids is 1. The summed E-state index contributed by atoms with van der Waals surface area (Å²) >= 11 is 0. The van der Waals surface area contributed by atoms with Crippen molar-refractivity contribution in [2.45, 2.75) is 71.4 Å². The highest BCUT2D eigenvalue weighted by Crippen LogP contribution is 2.11. The van der Waals surface area contributed by atoms with Crippen LogP contribution in [0.15, 0.2) is 24.3 Å². The third kappa shape index (κ3) is 9.18. The van der Waals surface area contributed by atoms with E-state index in [4.69, 9.17) is 11.2 Å². The Labute approximate surface area is 145 Å². The van der Waals surface area contributed by atoms with E-state index in [2.05, 4.69) is 5.32 Å². The first-order valence-corrected chi connectivity index (χ1v) is 8.29. The van der Waals surface area contributed by atoms with Crippen LogP contribution in [0.3, 0.4) is 0 Å². The van der Waals surface area contributed by atoms with Crippen LogP contribution in [0.5, 0.6) is 0 Å². The lowest BCUT2D eigenvalue weighted by Crippen LogP contribution is -2.38. The van der Waals surface area contributed by atoms with Crippen molar-refractivity contribution in [3.8, 4) is 0 Å². The summed E-state index contributed by atoms with van der Waals surface area (Å²) in [5, 5.41) is 11.5. The molecule has 5 heteroatoms. The third-order valence-corrected chi connectivity index (χ3v) is 3.32. The topological polar surface area (TPSA) is 75.6 Å². The number of ether oxygens (including phenoxy) is 1. The standard InChI is InChI=1S/C19H29NO4/c1-14(20-18(23)24-19(2,3)4)13-16-11-9-15(10-12-16)7-5-6-8-17(21)22/h9-12,14H,5-8,13H2,1-4H3,(H,20,23)(H,21,22)/i8D. The van der Waals surface area contributed by atoms with E-state index < -0.39 is 24.1 Å². The van der Waals surface area contributed by atoms with Gasteiger partial charge in [0.2, 0.25) is 0 Å². The summed E-state index contributed by atoms with van der Waals surface area (Å²) < 4.78 is 12.6. The van der Waals surface area contributed by atoms with Gasteiger partial charge in [0.05, 0.1) is 0 Å². The molecule has 2 unspecified atom stereocenters. The van der Waals surface area contributed by atoms with Gasteiger partial charge in [-0.05, 0) is 64.5 Å². The zero-order valence-electron chi connectivity index (χ0n) is 16.0. The third-order valence-electron chi connectivity index (χ3n) is 3.32. The van der Waals surface area contributed by atoms with Crippen LogP contribution in [-0.2, 0) is 22.4 Å². The van der Waals surface area contributed by atoms with Gasteiger partial charge in [-0.25, -0.2) is 4.79 Å². The minimum atomic E-state index is -1.07. The van der Waals surface area contributed by atoms with Crippen LogP contribution in [0.2, 0.25) is 0 Å². The van der Waals surface area contributed by atoms with Gasteiger partial charge < -0.3 is 15.2 Å². The van der Waals surface area contributed by atoms with Gasteiger partial charge in [0.1, 0.15) is 5.60 Å². The largest absolute Gasteiger partial charge is 0.481 e. The molecule has 0 aromatic heterocycles. The van der Waals surface area contributed by atoms with Crippen molar-refractivity contribution in [1.82, 2.24) is 5.32 Å². The lowest BCUT2D eigenvalue weighted by atomic mass is 10.0. The van der Waals surface area contributed by atoms with Crippen LogP contribution in [-0.4, -0.2) is 28.8 Å². The maximum Gasteiger partial charge on any atom is 0.407 e. The van der Waals surface area contributed by atoms with Crippen molar-refractivity contribution in [3.05, 3.63) is 35.4 Å². The van der Waals surface area contributed by atoms with Gasteiger partial charge in [-0.1, -0.05) is 24.3 Å². The summed E-state index contributed by atoms with van der Waals surface area (Å²) in [4.78, 5) is 22.4. The van der Waals surface area contributed by atoms with Crippen LogP contribution >= 0.6 is 0 Å². The van der Waals surface area contributed by atoms with Gasteiger partial charge >= 0.3 is 12.1 Å². The summed E-state index contributed by atoms with van der Waals surface area (Å²) in [6, 6.07) is 8.00. The Morgan fingerprint density at radius 3 is 2.33 bits per heavy atom. The van der Waals surface area contributed by atoms with Crippen molar-refractivity contribution in [2.24, 2.45) is 0 Å². The van der Waals surface area contributed by atoms with Crippen LogP contribution in [0.4, 0.5) is 4.79 Å². The van der Waals surface area contributed by atoms with E-state index in [9.17, 15) is 9.59 Å². The van der Waals surface area contributed by atoms with Gasteiger partial charge in [-0.2, -0.15) is 0 Å². The normalized spacial score (nSPS) is 14.4. The van der Waals surface area contributed by atoms with Crippen molar-refractivity contribution >= 4 is 12.1 Å². The fourth-order valence-corrected chi connectivity index (χ4v) is 2.29. The molecule has 1 amide bonds. The highest BCUT2D eigenvalue weighted by molar-refractivity contribution is 5.68. The lowest BCUT2D eigenvalue weighted by molar-refractivity contribution is -0.137. The summed E-state index contributed by atoms with van der Waals surface area (Å²) in [6.45, 7) is 7.41. The Hall–Kier alpha value is -2.04. The molecule has 24 heavy (non-hydrogen) atoms. The number of carboxylic acids is 1. The molecular weight excluding hydrogens is 306 g/mol. The van der Waals surface area contributed by atoms with Gasteiger partial charge in [-0.15, -0.1) is 0 Å². The van der Waals surface area contributed by atoms with Crippen molar-refractivity contribution < 1.29 is 20.8 Å². The van der Waals surface area contributed by atoms with Crippen LogP contribution < -0.4 is 5.32 Å². The van der Waals surface area contributed by atoms with Gasteiger partial charge in [0.15, 0.2) is 0 Å². The van der Waals surface area contributed by atoms with Crippen molar-refractivity contribution in [3.63, 3.8) is 0 Å². The first-order valence-electron chi connectivity index (χ1n) is 8.87. The zero-order chi connectivity index (χ0) is 19.0. The highest BCUT2D eigenvalue weighted by atomic mass is 16.6. The lowest BCUT2D eigenvalue weighted by Gasteiger charge is -2.22. The number of hydrogen-bond acceptors (Lipinski definition) is 3. The minimum Gasteiger partial charge on any atom is -0.481 e. The molecule has 0 aliphatic carbocycles. The molecule has 2 atom stereocenters. The second-order valence-electron chi connectivity index (χ2n) is 7.00. The number of amides is 1. The molecule has 1 aromatic rings. The van der Waals surface area contributed by atoms with Crippen LogP contribution in [0, 0.1) is 0 Å². The van der Waals surface area contributed by atoms with Crippen LogP contribution in [0.1, 0.15) is 59.4 Å². The molecular formula is C19H29NO4. The number of hydrogen-bond donors (Lipinski definition) is 2.